The van der Waals surface area contributed by atoms with Crippen LogP contribution in [0.3, 0.4) is 0 Å². The number of rotatable bonds is 6. The van der Waals surface area contributed by atoms with Gasteiger partial charge >= 0.3 is 0 Å². The third-order valence-corrected chi connectivity index (χ3v) is 5.86. The molecule has 4 nitrogen and oxygen atoms in total. The fourth-order valence-electron chi connectivity index (χ4n) is 1.74. The van der Waals surface area contributed by atoms with E-state index in [0.717, 1.165) is 17.7 Å². The summed E-state index contributed by atoms with van der Waals surface area (Å²) in [7, 11) is -1.83. The van der Waals surface area contributed by atoms with E-state index in [9.17, 15) is 8.42 Å². The van der Waals surface area contributed by atoms with Gasteiger partial charge in [0.1, 0.15) is 0 Å². The molecule has 0 spiro atoms. The maximum atomic E-state index is 12.5. The Hall–Kier alpha value is -1.00. The number of hydrogen-bond donors (Lipinski definition) is 1. The zero-order chi connectivity index (χ0) is 15.9. The molecule has 0 bridgehead atoms. The number of nitrogens with zero attached hydrogens (tertiary/aromatic N) is 1. The molecule has 0 aromatic heterocycles. The molecule has 6 heteroatoms. The van der Waals surface area contributed by atoms with Crippen LogP contribution in [0.25, 0.3) is 0 Å². The summed E-state index contributed by atoms with van der Waals surface area (Å²) in [5.41, 5.74) is 6.07. The Morgan fingerprint density at radius 1 is 1.33 bits per heavy atom. The van der Waals surface area contributed by atoms with Crippen molar-refractivity contribution in [3.63, 3.8) is 0 Å². The molecule has 1 rings (SSSR count). The van der Waals surface area contributed by atoms with Crippen molar-refractivity contribution in [2.24, 2.45) is 5.73 Å². The van der Waals surface area contributed by atoms with Crippen LogP contribution < -0.4 is 5.73 Å². The number of sulfonamides is 1. The minimum absolute atomic E-state index is 0.0286. The van der Waals surface area contributed by atoms with Crippen LogP contribution in [0.2, 0.25) is 0 Å². The van der Waals surface area contributed by atoms with Crippen LogP contribution in [0.5, 0.6) is 0 Å². The average Bonchev–Trinajstić information content (AvgIpc) is 2.50. The van der Waals surface area contributed by atoms with E-state index in [0.29, 0.717) is 4.90 Å². The normalized spacial score (nSPS) is 12.8. The Morgan fingerprint density at radius 3 is 2.48 bits per heavy atom. The van der Waals surface area contributed by atoms with Crippen molar-refractivity contribution in [1.82, 2.24) is 4.31 Å². The first-order valence-corrected chi connectivity index (χ1v) is 9.53. The SMILES string of the molecule is CSCCC(C)N(C)S(=O)(=O)c1ccc(C#CCN)cc1. The number of benzene rings is 1. The Balaban J connectivity index is 2.91. The van der Waals surface area contributed by atoms with Gasteiger partial charge in [0.2, 0.25) is 10.0 Å². The second-order valence-corrected chi connectivity index (χ2v) is 7.67. The quantitative estimate of drug-likeness (QED) is 0.809. The van der Waals surface area contributed by atoms with Crippen LogP contribution in [0, 0.1) is 11.8 Å². The molecule has 0 saturated carbocycles. The highest BCUT2D eigenvalue weighted by molar-refractivity contribution is 7.98. The van der Waals surface area contributed by atoms with Gasteiger partial charge in [-0.15, -0.1) is 0 Å². The van der Waals surface area contributed by atoms with Crippen LogP contribution in [0.4, 0.5) is 0 Å². The third-order valence-electron chi connectivity index (χ3n) is 3.23. The van der Waals surface area contributed by atoms with Gasteiger partial charge in [-0.1, -0.05) is 11.8 Å². The summed E-state index contributed by atoms with van der Waals surface area (Å²) in [6, 6.07) is 6.56. The molecule has 21 heavy (non-hydrogen) atoms. The van der Waals surface area contributed by atoms with Gasteiger partial charge in [-0.05, 0) is 49.6 Å². The summed E-state index contributed by atoms with van der Waals surface area (Å²) in [5, 5.41) is 0. The standard InChI is InChI=1S/C15H22N2O2S2/c1-13(10-12-20-3)17(2)21(18,19)15-8-6-14(7-9-15)5-4-11-16/h6-9,13H,10-12,16H2,1-3H3. The van der Waals surface area contributed by atoms with Crippen LogP contribution in [0.1, 0.15) is 18.9 Å². The van der Waals surface area contributed by atoms with E-state index < -0.39 is 10.0 Å². The lowest BCUT2D eigenvalue weighted by Crippen LogP contribution is -2.35. The highest BCUT2D eigenvalue weighted by Crippen LogP contribution is 2.19. The minimum Gasteiger partial charge on any atom is -0.320 e. The van der Waals surface area contributed by atoms with Gasteiger partial charge in [-0.3, -0.25) is 0 Å². The fraction of sp³-hybridized carbons (Fsp3) is 0.467. The summed E-state index contributed by atoms with van der Waals surface area (Å²) in [4.78, 5) is 0.291. The fourth-order valence-corrected chi connectivity index (χ4v) is 3.71. The maximum Gasteiger partial charge on any atom is 0.243 e. The molecule has 0 heterocycles. The highest BCUT2D eigenvalue weighted by Gasteiger charge is 2.24. The molecule has 0 radical (unpaired) electrons. The van der Waals surface area contributed by atoms with Gasteiger partial charge in [0.15, 0.2) is 0 Å². The van der Waals surface area contributed by atoms with Gasteiger partial charge in [-0.2, -0.15) is 16.1 Å². The molecule has 0 amide bonds. The second-order valence-electron chi connectivity index (χ2n) is 4.68. The lowest BCUT2D eigenvalue weighted by molar-refractivity contribution is 0.382. The van der Waals surface area contributed by atoms with Gasteiger partial charge < -0.3 is 5.73 Å². The van der Waals surface area contributed by atoms with Crippen molar-refractivity contribution in [3.8, 4) is 11.8 Å². The lowest BCUT2D eigenvalue weighted by Gasteiger charge is -2.24. The highest BCUT2D eigenvalue weighted by atomic mass is 32.2. The topological polar surface area (TPSA) is 63.4 Å². The van der Waals surface area contributed by atoms with E-state index in [1.54, 1.807) is 43.1 Å². The molecule has 2 N–H and O–H groups in total. The summed E-state index contributed by atoms with van der Waals surface area (Å²) in [6.07, 6.45) is 2.85. The zero-order valence-electron chi connectivity index (χ0n) is 12.7. The summed E-state index contributed by atoms with van der Waals surface area (Å²) < 4.78 is 26.5. The first kappa shape index (κ1) is 18.1. The summed E-state index contributed by atoms with van der Waals surface area (Å²) in [5.74, 6) is 6.56. The van der Waals surface area contributed by atoms with E-state index in [1.165, 1.54) is 4.31 Å². The number of nitrogens with two attached hydrogens (primary N) is 1. The zero-order valence-corrected chi connectivity index (χ0v) is 14.3. The Kier molecular flexibility index (Phi) is 7.26. The molecule has 1 aromatic rings. The van der Waals surface area contributed by atoms with E-state index in [2.05, 4.69) is 11.8 Å². The van der Waals surface area contributed by atoms with Crippen LogP contribution in [0.15, 0.2) is 29.2 Å². The molecule has 116 valence electrons. The molecule has 1 unspecified atom stereocenters. The summed E-state index contributed by atoms with van der Waals surface area (Å²) >= 11 is 1.72. The minimum atomic E-state index is -3.45. The lowest BCUT2D eigenvalue weighted by atomic mass is 10.2. The van der Waals surface area contributed by atoms with E-state index in [-0.39, 0.29) is 12.6 Å². The van der Waals surface area contributed by atoms with E-state index in [1.807, 2.05) is 13.2 Å². The molecule has 0 fully saturated rings. The van der Waals surface area contributed by atoms with Gasteiger partial charge in [0.05, 0.1) is 11.4 Å². The van der Waals surface area contributed by atoms with Crippen LogP contribution in [-0.2, 0) is 10.0 Å². The van der Waals surface area contributed by atoms with Crippen molar-refractivity contribution in [1.29, 1.82) is 0 Å². The van der Waals surface area contributed by atoms with Crippen LogP contribution >= 0.6 is 11.8 Å². The molecule has 0 aliphatic rings. The van der Waals surface area contributed by atoms with Crippen LogP contribution in [-0.4, -0.2) is 44.4 Å². The van der Waals surface area contributed by atoms with Crippen molar-refractivity contribution in [2.75, 3.05) is 25.6 Å². The predicted molar refractivity (Wildman–Crippen MR) is 89.8 cm³/mol. The van der Waals surface area contributed by atoms with E-state index in [4.69, 9.17) is 5.73 Å². The van der Waals surface area contributed by atoms with Crippen molar-refractivity contribution >= 4 is 21.8 Å². The van der Waals surface area contributed by atoms with Gasteiger partial charge in [-0.25, -0.2) is 8.42 Å². The predicted octanol–water partition coefficient (Wildman–Crippen LogP) is 1.76. The van der Waals surface area contributed by atoms with Crippen molar-refractivity contribution in [3.05, 3.63) is 29.8 Å². The molecule has 0 aliphatic carbocycles. The number of hydrogen-bond acceptors (Lipinski definition) is 4. The summed E-state index contributed by atoms with van der Waals surface area (Å²) in [6.45, 7) is 2.21. The molecule has 0 aliphatic heterocycles. The third kappa shape index (κ3) is 5.04. The molecular formula is C15H22N2O2S2. The van der Waals surface area contributed by atoms with Gasteiger partial charge in [0, 0.05) is 18.7 Å². The average molecular weight is 326 g/mol. The first-order valence-electron chi connectivity index (χ1n) is 6.69. The van der Waals surface area contributed by atoms with Gasteiger partial charge in [0.25, 0.3) is 0 Å². The molecule has 1 aromatic carbocycles. The van der Waals surface area contributed by atoms with E-state index >= 15 is 0 Å². The smallest absolute Gasteiger partial charge is 0.243 e. The maximum absolute atomic E-state index is 12.5. The Morgan fingerprint density at radius 2 is 1.95 bits per heavy atom. The Bertz CT molecular complexity index is 601. The van der Waals surface area contributed by atoms with Crippen molar-refractivity contribution in [2.45, 2.75) is 24.3 Å². The largest absolute Gasteiger partial charge is 0.320 e. The second kappa shape index (κ2) is 8.44. The molecular weight excluding hydrogens is 304 g/mol. The van der Waals surface area contributed by atoms with Crippen molar-refractivity contribution < 1.29 is 8.42 Å². The number of thioether (sulfide) groups is 1. The molecule has 1 atom stereocenters. The monoisotopic (exact) mass is 326 g/mol. The Labute approximate surface area is 132 Å². The first-order chi connectivity index (χ1) is 9.93. The molecule has 0 saturated heterocycles.